The van der Waals surface area contributed by atoms with Crippen LogP contribution in [0, 0.1) is 0 Å². The number of anilines is 6. The summed E-state index contributed by atoms with van der Waals surface area (Å²) in [5, 5.41) is 0. The molecule has 0 N–H and O–H groups in total. The summed E-state index contributed by atoms with van der Waals surface area (Å²) >= 11 is 0. The molecule has 2 aliphatic rings. The van der Waals surface area contributed by atoms with E-state index in [-0.39, 0.29) is 17.5 Å². The maximum Gasteiger partial charge on any atom is 0.252 e. The van der Waals surface area contributed by atoms with Crippen molar-refractivity contribution in [1.82, 2.24) is 9.97 Å². The van der Waals surface area contributed by atoms with E-state index in [4.69, 9.17) is 9.97 Å². The lowest BCUT2D eigenvalue weighted by Crippen LogP contribution is -2.61. The number of nitrogens with zero attached hydrogens (tertiary/aromatic N) is 4. The van der Waals surface area contributed by atoms with Crippen LogP contribution in [-0.4, -0.2) is 16.7 Å². The molecule has 0 saturated carbocycles. The van der Waals surface area contributed by atoms with Crippen LogP contribution in [0.25, 0.3) is 33.6 Å². The first kappa shape index (κ1) is 36.6. The molecule has 7 aromatic carbocycles. The van der Waals surface area contributed by atoms with Gasteiger partial charge in [0.15, 0.2) is 5.82 Å². The quantitative estimate of drug-likeness (QED) is 0.164. The van der Waals surface area contributed by atoms with E-state index in [0.717, 1.165) is 28.3 Å². The molecule has 0 fully saturated rings. The van der Waals surface area contributed by atoms with E-state index >= 15 is 0 Å². The molecule has 10 rings (SSSR count). The molecular formula is C54H47BN4. The van der Waals surface area contributed by atoms with Crippen molar-refractivity contribution < 1.29 is 0 Å². The number of rotatable bonds is 5. The lowest BCUT2D eigenvalue weighted by atomic mass is 9.33. The minimum Gasteiger partial charge on any atom is -0.311 e. The van der Waals surface area contributed by atoms with Gasteiger partial charge in [0.2, 0.25) is 0 Å². The van der Waals surface area contributed by atoms with E-state index in [1.54, 1.807) is 0 Å². The Hall–Kier alpha value is -6.72. The highest BCUT2D eigenvalue weighted by Gasteiger charge is 2.44. The zero-order valence-corrected chi connectivity index (χ0v) is 34.6. The van der Waals surface area contributed by atoms with Crippen LogP contribution in [0.2, 0.25) is 0 Å². The molecule has 0 aliphatic carbocycles. The van der Waals surface area contributed by atoms with E-state index in [1.165, 1.54) is 61.1 Å². The second kappa shape index (κ2) is 14.0. The topological polar surface area (TPSA) is 32.3 Å². The molecule has 2 aliphatic heterocycles. The monoisotopic (exact) mass is 762 g/mol. The zero-order chi connectivity index (χ0) is 40.5. The van der Waals surface area contributed by atoms with Gasteiger partial charge in [-0.05, 0) is 115 Å². The standard InChI is InChI=1S/C54H47BN4/c1-53(2,3)41-22-28-45-47(34-41)58(43-24-18-38(19-25-43)36-14-9-7-10-15-36)49-32-40(52-56-30-13-31-57-52)33-50-51(49)55(45)46-29-23-42(54(4,5)6)35-48(46)59(50)44-26-20-39(21-27-44)37-16-11-8-12-17-37/h7-35H,1-6H3. The van der Waals surface area contributed by atoms with Crippen molar-refractivity contribution >= 4 is 57.2 Å². The molecule has 0 spiro atoms. The molecule has 286 valence electrons. The van der Waals surface area contributed by atoms with Crippen molar-refractivity contribution in [2.75, 3.05) is 9.80 Å². The van der Waals surface area contributed by atoms with Gasteiger partial charge >= 0.3 is 0 Å². The molecule has 0 bridgehead atoms. The first-order valence-electron chi connectivity index (χ1n) is 20.7. The summed E-state index contributed by atoms with van der Waals surface area (Å²) in [7, 11) is 0. The highest BCUT2D eigenvalue weighted by molar-refractivity contribution is 7.00. The summed E-state index contributed by atoms with van der Waals surface area (Å²) in [5.41, 5.74) is 19.0. The highest BCUT2D eigenvalue weighted by atomic mass is 15.2. The second-order valence-electron chi connectivity index (χ2n) is 18.0. The van der Waals surface area contributed by atoms with Crippen LogP contribution in [0.15, 0.2) is 176 Å². The van der Waals surface area contributed by atoms with Crippen molar-refractivity contribution in [1.29, 1.82) is 0 Å². The van der Waals surface area contributed by atoms with Gasteiger partial charge in [-0.25, -0.2) is 9.97 Å². The fourth-order valence-corrected chi connectivity index (χ4v) is 8.92. The Morgan fingerprint density at radius 2 is 0.797 bits per heavy atom. The summed E-state index contributed by atoms with van der Waals surface area (Å²) in [5.74, 6) is 0.699. The minimum absolute atomic E-state index is 0.00142. The van der Waals surface area contributed by atoms with Crippen molar-refractivity contribution in [3.63, 3.8) is 0 Å². The average Bonchev–Trinajstić information content (AvgIpc) is 3.26. The summed E-state index contributed by atoms with van der Waals surface area (Å²) in [4.78, 5) is 14.6. The predicted molar refractivity (Wildman–Crippen MR) is 250 cm³/mol. The summed E-state index contributed by atoms with van der Waals surface area (Å²) in [6.07, 6.45) is 3.68. The van der Waals surface area contributed by atoms with Gasteiger partial charge in [-0.2, -0.15) is 0 Å². The van der Waals surface area contributed by atoms with Gasteiger partial charge in [-0.3, -0.25) is 0 Å². The van der Waals surface area contributed by atoms with Crippen LogP contribution in [-0.2, 0) is 10.8 Å². The van der Waals surface area contributed by atoms with E-state index in [2.05, 4.69) is 209 Å². The molecule has 0 atom stereocenters. The molecule has 0 amide bonds. The normalized spacial score (nSPS) is 13.2. The molecular weight excluding hydrogens is 715 g/mol. The van der Waals surface area contributed by atoms with Gasteiger partial charge < -0.3 is 9.80 Å². The molecule has 5 heteroatoms. The predicted octanol–water partition coefficient (Wildman–Crippen LogP) is 12.2. The molecule has 8 aromatic rings. The fraction of sp³-hybridized carbons (Fsp3) is 0.148. The third-order valence-corrected chi connectivity index (χ3v) is 12.1. The first-order chi connectivity index (χ1) is 28.5. The molecule has 59 heavy (non-hydrogen) atoms. The van der Waals surface area contributed by atoms with Crippen LogP contribution in [0.3, 0.4) is 0 Å². The summed E-state index contributed by atoms with van der Waals surface area (Å²) in [6.45, 7) is 13.8. The van der Waals surface area contributed by atoms with Crippen LogP contribution in [0.4, 0.5) is 34.1 Å². The van der Waals surface area contributed by atoms with Gasteiger partial charge in [0.1, 0.15) is 0 Å². The van der Waals surface area contributed by atoms with Crippen LogP contribution >= 0.6 is 0 Å². The molecule has 3 heterocycles. The Labute approximate surface area is 349 Å². The fourth-order valence-electron chi connectivity index (χ4n) is 8.92. The Bertz CT molecular complexity index is 2650. The Kier molecular flexibility index (Phi) is 8.68. The number of fused-ring (bicyclic) bond motifs is 4. The molecule has 0 radical (unpaired) electrons. The van der Waals surface area contributed by atoms with Gasteiger partial charge in [-0.15, -0.1) is 0 Å². The van der Waals surface area contributed by atoms with E-state index in [9.17, 15) is 0 Å². The Morgan fingerprint density at radius 1 is 0.390 bits per heavy atom. The van der Waals surface area contributed by atoms with E-state index in [1.807, 2.05) is 18.5 Å². The third kappa shape index (κ3) is 6.42. The first-order valence-corrected chi connectivity index (χ1v) is 20.7. The molecule has 1 aromatic heterocycles. The lowest BCUT2D eigenvalue weighted by molar-refractivity contribution is 0.590. The van der Waals surface area contributed by atoms with E-state index < -0.39 is 0 Å². The van der Waals surface area contributed by atoms with Crippen molar-refractivity contribution in [3.8, 4) is 33.6 Å². The average molecular weight is 763 g/mol. The lowest BCUT2D eigenvalue weighted by Gasteiger charge is -2.45. The van der Waals surface area contributed by atoms with E-state index in [0.29, 0.717) is 5.82 Å². The highest BCUT2D eigenvalue weighted by Crippen LogP contribution is 2.47. The van der Waals surface area contributed by atoms with Crippen LogP contribution in [0.5, 0.6) is 0 Å². The summed E-state index contributed by atoms with van der Waals surface area (Å²) < 4.78 is 0. The smallest absolute Gasteiger partial charge is 0.252 e. The van der Waals surface area contributed by atoms with Gasteiger partial charge in [0, 0.05) is 52.1 Å². The molecule has 0 unspecified atom stereocenters. The van der Waals surface area contributed by atoms with Crippen LogP contribution in [0.1, 0.15) is 52.7 Å². The van der Waals surface area contributed by atoms with Crippen molar-refractivity contribution in [2.45, 2.75) is 52.4 Å². The van der Waals surface area contributed by atoms with Gasteiger partial charge in [0.05, 0.1) is 0 Å². The maximum atomic E-state index is 4.83. The van der Waals surface area contributed by atoms with Crippen LogP contribution < -0.4 is 26.2 Å². The van der Waals surface area contributed by atoms with Crippen molar-refractivity contribution in [3.05, 3.63) is 187 Å². The van der Waals surface area contributed by atoms with Gasteiger partial charge in [-0.1, -0.05) is 151 Å². The number of hydrogen-bond donors (Lipinski definition) is 0. The Balaban J connectivity index is 1.27. The third-order valence-electron chi connectivity index (χ3n) is 12.1. The molecule has 0 saturated heterocycles. The van der Waals surface area contributed by atoms with Gasteiger partial charge in [0.25, 0.3) is 6.71 Å². The number of hydrogen-bond acceptors (Lipinski definition) is 4. The Morgan fingerprint density at radius 3 is 1.20 bits per heavy atom. The number of benzene rings is 7. The number of aromatic nitrogens is 2. The summed E-state index contributed by atoms with van der Waals surface area (Å²) in [6, 6.07) is 60.3. The second-order valence-corrected chi connectivity index (χ2v) is 18.0. The molecule has 4 nitrogen and oxygen atoms in total. The largest absolute Gasteiger partial charge is 0.311 e. The van der Waals surface area contributed by atoms with Crippen molar-refractivity contribution in [2.24, 2.45) is 0 Å². The maximum absolute atomic E-state index is 4.83. The zero-order valence-electron chi connectivity index (χ0n) is 34.6. The minimum atomic E-state index is -0.0438. The SMILES string of the molecule is CC(C)(C)c1ccc2c(c1)N(c1ccc(-c3ccccc3)cc1)c1cc(-c3ncccn3)cc3c1B2c1ccc(C(C)(C)C)cc1N3c1ccc(-c2ccccc2)cc1.